The molecular formula is C14H26ClNO4. The highest BCUT2D eigenvalue weighted by atomic mass is 35.5. The summed E-state index contributed by atoms with van der Waals surface area (Å²) in [6, 6.07) is 0. The maximum Gasteiger partial charge on any atom is 0.337 e. The van der Waals surface area contributed by atoms with Crippen LogP contribution in [0.2, 0.25) is 0 Å². The standard InChI is InChI=1S/C14H26ClNO4/c1-10(8-15)19-13(3,4)12(17)18-9-11(2)20-14(5,6)16-7/h10-11H,7-9H2,1-6H3. The minimum absolute atomic E-state index is 0.125. The summed E-state index contributed by atoms with van der Waals surface area (Å²) in [7, 11) is 0. The van der Waals surface area contributed by atoms with Crippen LogP contribution in [0.15, 0.2) is 4.99 Å². The molecule has 0 aromatic carbocycles. The fourth-order valence-corrected chi connectivity index (χ4v) is 1.58. The second kappa shape index (κ2) is 7.96. The van der Waals surface area contributed by atoms with Gasteiger partial charge in [-0.05, 0) is 48.3 Å². The highest BCUT2D eigenvalue weighted by Crippen LogP contribution is 2.17. The van der Waals surface area contributed by atoms with E-state index in [1.165, 1.54) is 0 Å². The van der Waals surface area contributed by atoms with Gasteiger partial charge in [-0.15, -0.1) is 11.6 Å². The Kier molecular flexibility index (Phi) is 7.70. The number of ether oxygens (including phenoxy) is 3. The monoisotopic (exact) mass is 307 g/mol. The molecule has 0 aliphatic heterocycles. The van der Waals surface area contributed by atoms with Crippen LogP contribution in [0.3, 0.4) is 0 Å². The Balaban J connectivity index is 4.30. The zero-order valence-electron chi connectivity index (χ0n) is 13.2. The van der Waals surface area contributed by atoms with Crippen LogP contribution < -0.4 is 0 Å². The van der Waals surface area contributed by atoms with Gasteiger partial charge in [0.1, 0.15) is 6.61 Å². The molecule has 2 unspecified atom stereocenters. The van der Waals surface area contributed by atoms with Gasteiger partial charge in [0.05, 0.1) is 12.2 Å². The third-order valence-electron chi connectivity index (χ3n) is 2.52. The Hall–Kier alpha value is -0.650. The molecule has 118 valence electrons. The van der Waals surface area contributed by atoms with Gasteiger partial charge in [0.25, 0.3) is 0 Å². The first kappa shape index (κ1) is 19.4. The number of esters is 1. The van der Waals surface area contributed by atoms with Crippen LogP contribution in [-0.2, 0) is 19.0 Å². The molecule has 0 saturated heterocycles. The Morgan fingerprint density at radius 3 is 2.20 bits per heavy atom. The van der Waals surface area contributed by atoms with Gasteiger partial charge in [0, 0.05) is 5.88 Å². The predicted octanol–water partition coefficient (Wildman–Crippen LogP) is 2.79. The van der Waals surface area contributed by atoms with Crippen molar-refractivity contribution in [2.45, 2.75) is 65.1 Å². The number of hydrogen-bond donors (Lipinski definition) is 0. The molecule has 0 amide bonds. The van der Waals surface area contributed by atoms with Crippen LogP contribution in [0.1, 0.15) is 41.5 Å². The van der Waals surface area contributed by atoms with E-state index in [4.69, 9.17) is 25.8 Å². The molecule has 0 fully saturated rings. The van der Waals surface area contributed by atoms with Crippen molar-refractivity contribution in [2.24, 2.45) is 4.99 Å². The fraction of sp³-hybridized carbons (Fsp3) is 0.857. The molecule has 5 nitrogen and oxygen atoms in total. The van der Waals surface area contributed by atoms with Crippen molar-refractivity contribution >= 4 is 24.3 Å². The molecular weight excluding hydrogens is 282 g/mol. The number of rotatable bonds is 9. The normalized spacial score (nSPS) is 15.6. The van der Waals surface area contributed by atoms with E-state index >= 15 is 0 Å². The Morgan fingerprint density at radius 2 is 1.75 bits per heavy atom. The Labute approximate surface area is 126 Å². The highest BCUT2D eigenvalue weighted by molar-refractivity contribution is 6.18. The van der Waals surface area contributed by atoms with Gasteiger partial charge in [-0.3, -0.25) is 4.99 Å². The topological polar surface area (TPSA) is 57.1 Å². The van der Waals surface area contributed by atoms with Crippen molar-refractivity contribution in [2.75, 3.05) is 12.5 Å². The maximum atomic E-state index is 12.0. The zero-order chi connectivity index (χ0) is 16.0. The quantitative estimate of drug-likeness (QED) is 0.373. The largest absolute Gasteiger partial charge is 0.461 e. The van der Waals surface area contributed by atoms with Gasteiger partial charge in [-0.1, -0.05) is 0 Å². The number of hydrogen-bond acceptors (Lipinski definition) is 5. The summed E-state index contributed by atoms with van der Waals surface area (Å²) < 4.78 is 16.3. The van der Waals surface area contributed by atoms with Crippen molar-refractivity contribution in [1.82, 2.24) is 0 Å². The van der Waals surface area contributed by atoms with E-state index in [2.05, 4.69) is 11.7 Å². The van der Waals surface area contributed by atoms with Crippen molar-refractivity contribution < 1.29 is 19.0 Å². The van der Waals surface area contributed by atoms with Gasteiger partial charge in [-0.2, -0.15) is 0 Å². The van der Waals surface area contributed by atoms with Gasteiger partial charge in [-0.25, -0.2) is 4.79 Å². The molecule has 0 heterocycles. The van der Waals surface area contributed by atoms with Crippen LogP contribution in [0, 0.1) is 0 Å². The molecule has 0 rings (SSSR count). The summed E-state index contributed by atoms with van der Waals surface area (Å²) in [6.45, 7) is 14.0. The SMILES string of the molecule is C=NC(C)(C)OC(C)COC(=O)C(C)(C)OC(C)CCl. The Bertz CT molecular complexity index is 331. The van der Waals surface area contributed by atoms with Crippen LogP contribution >= 0.6 is 11.6 Å². The second-order valence-corrected chi connectivity index (χ2v) is 6.03. The minimum atomic E-state index is -1.04. The summed E-state index contributed by atoms with van der Waals surface area (Å²) in [5.41, 5.74) is -1.74. The molecule has 0 spiro atoms. The number of carbonyl (C=O) groups is 1. The predicted molar refractivity (Wildman–Crippen MR) is 80.5 cm³/mol. The molecule has 0 radical (unpaired) electrons. The average Bonchev–Trinajstić information content (AvgIpc) is 2.34. The Morgan fingerprint density at radius 1 is 1.20 bits per heavy atom. The van der Waals surface area contributed by atoms with Crippen molar-refractivity contribution in [3.05, 3.63) is 0 Å². The first-order chi connectivity index (χ1) is 9.04. The molecule has 0 N–H and O–H groups in total. The van der Waals surface area contributed by atoms with Crippen LogP contribution in [0.5, 0.6) is 0 Å². The summed E-state index contributed by atoms with van der Waals surface area (Å²) in [4.78, 5) is 15.8. The fourth-order valence-electron chi connectivity index (χ4n) is 1.51. The van der Waals surface area contributed by atoms with E-state index in [1.807, 2.05) is 0 Å². The van der Waals surface area contributed by atoms with Crippen LogP contribution in [-0.4, -0.2) is 48.7 Å². The molecule has 0 aromatic rings. The molecule has 0 aromatic heterocycles. The summed E-state index contributed by atoms with van der Waals surface area (Å²) in [5, 5.41) is 0. The molecule has 0 bridgehead atoms. The molecule has 0 aliphatic carbocycles. The number of alkyl halides is 1. The number of aliphatic imine (C=N–C) groups is 1. The van der Waals surface area contributed by atoms with Crippen molar-refractivity contribution in [3.8, 4) is 0 Å². The van der Waals surface area contributed by atoms with Crippen LogP contribution in [0.25, 0.3) is 0 Å². The maximum absolute atomic E-state index is 12.0. The summed E-state index contributed by atoms with van der Waals surface area (Å²) in [5.74, 6) is -0.135. The van der Waals surface area contributed by atoms with E-state index < -0.39 is 17.3 Å². The smallest absolute Gasteiger partial charge is 0.337 e. The molecule has 2 atom stereocenters. The first-order valence-corrected chi connectivity index (χ1v) is 7.14. The average molecular weight is 308 g/mol. The van der Waals surface area contributed by atoms with E-state index in [9.17, 15) is 4.79 Å². The number of carbonyl (C=O) groups excluding carboxylic acids is 1. The zero-order valence-corrected chi connectivity index (χ0v) is 14.0. The van der Waals surface area contributed by atoms with Gasteiger partial charge >= 0.3 is 5.97 Å². The number of nitrogens with zero attached hydrogens (tertiary/aromatic N) is 1. The van der Waals surface area contributed by atoms with Gasteiger partial charge in [0.15, 0.2) is 11.3 Å². The molecule has 0 aliphatic rings. The van der Waals surface area contributed by atoms with Gasteiger partial charge < -0.3 is 14.2 Å². The third-order valence-corrected chi connectivity index (χ3v) is 2.96. The lowest BCUT2D eigenvalue weighted by Gasteiger charge is -2.28. The lowest BCUT2D eigenvalue weighted by molar-refractivity contribution is -0.178. The second-order valence-electron chi connectivity index (χ2n) is 5.72. The third kappa shape index (κ3) is 7.22. The van der Waals surface area contributed by atoms with E-state index in [1.54, 1.807) is 41.5 Å². The first-order valence-electron chi connectivity index (χ1n) is 6.60. The molecule has 6 heteroatoms. The number of halogens is 1. The summed E-state index contributed by atoms with van der Waals surface area (Å²) in [6.07, 6.45) is -0.516. The van der Waals surface area contributed by atoms with Crippen LogP contribution in [0.4, 0.5) is 0 Å². The summed E-state index contributed by atoms with van der Waals surface area (Å²) >= 11 is 5.67. The highest BCUT2D eigenvalue weighted by Gasteiger charge is 2.33. The minimum Gasteiger partial charge on any atom is -0.461 e. The van der Waals surface area contributed by atoms with Crippen molar-refractivity contribution in [3.63, 3.8) is 0 Å². The van der Waals surface area contributed by atoms with Crippen molar-refractivity contribution in [1.29, 1.82) is 0 Å². The van der Waals surface area contributed by atoms with E-state index in [0.717, 1.165) is 0 Å². The molecule has 20 heavy (non-hydrogen) atoms. The lowest BCUT2D eigenvalue weighted by atomic mass is 10.1. The van der Waals surface area contributed by atoms with Gasteiger partial charge in [0.2, 0.25) is 0 Å². The molecule has 0 saturated carbocycles. The lowest BCUT2D eigenvalue weighted by Crippen LogP contribution is -2.41. The van der Waals surface area contributed by atoms with E-state index in [-0.39, 0.29) is 18.8 Å². The van der Waals surface area contributed by atoms with E-state index in [0.29, 0.717) is 5.88 Å².